The number of amides is 2. The standard InChI is InChI=1S/C15H12FN3O3/c16-13-8-11(15(21)19-22)6-7-12(13)9-17-18-14(20)10-4-2-1-3-5-10/h1-9,22H,(H,18,20)(H,19,21). The number of rotatable bonds is 4. The van der Waals surface area contributed by atoms with Gasteiger partial charge in [-0.1, -0.05) is 18.2 Å². The number of nitrogens with one attached hydrogen (secondary N) is 2. The fourth-order valence-electron chi connectivity index (χ4n) is 1.65. The molecule has 0 heterocycles. The summed E-state index contributed by atoms with van der Waals surface area (Å²) in [6.45, 7) is 0. The Morgan fingerprint density at radius 1 is 1.05 bits per heavy atom. The molecule has 0 fully saturated rings. The lowest BCUT2D eigenvalue weighted by atomic mass is 10.1. The van der Waals surface area contributed by atoms with Gasteiger partial charge in [-0.05, 0) is 30.3 Å². The van der Waals surface area contributed by atoms with Gasteiger partial charge in [-0.3, -0.25) is 14.8 Å². The average Bonchev–Trinajstić information content (AvgIpc) is 2.56. The first-order chi connectivity index (χ1) is 10.6. The van der Waals surface area contributed by atoms with Crippen LogP contribution in [0.1, 0.15) is 26.3 Å². The minimum atomic E-state index is -0.820. The van der Waals surface area contributed by atoms with Crippen LogP contribution in [0.25, 0.3) is 0 Å². The van der Waals surface area contributed by atoms with E-state index in [4.69, 9.17) is 5.21 Å². The number of halogens is 1. The fraction of sp³-hybridized carbons (Fsp3) is 0. The van der Waals surface area contributed by atoms with Gasteiger partial charge in [-0.25, -0.2) is 15.3 Å². The van der Waals surface area contributed by atoms with E-state index in [1.54, 1.807) is 30.3 Å². The van der Waals surface area contributed by atoms with Gasteiger partial charge in [-0.15, -0.1) is 0 Å². The maximum atomic E-state index is 13.7. The quantitative estimate of drug-likeness (QED) is 0.456. The van der Waals surface area contributed by atoms with Gasteiger partial charge in [0.2, 0.25) is 0 Å². The van der Waals surface area contributed by atoms with Crippen LogP contribution >= 0.6 is 0 Å². The molecule has 0 saturated carbocycles. The van der Waals surface area contributed by atoms with E-state index in [0.29, 0.717) is 5.56 Å². The van der Waals surface area contributed by atoms with E-state index in [-0.39, 0.29) is 11.1 Å². The van der Waals surface area contributed by atoms with E-state index >= 15 is 0 Å². The summed E-state index contributed by atoms with van der Waals surface area (Å²) in [6, 6.07) is 12.0. The van der Waals surface area contributed by atoms with Gasteiger partial charge in [0.1, 0.15) is 5.82 Å². The predicted octanol–water partition coefficient (Wildman–Crippen LogP) is 1.71. The first kappa shape index (κ1) is 15.3. The molecule has 22 heavy (non-hydrogen) atoms. The van der Waals surface area contributed by atoms with E-state index in [0.717, 1.165) is 12.3 Å². The summed E-state index contributed by atoms with van der Waals surface area (Å²) < 4.78 is 13.7. The summed E-state index contributed by atoms with van der Waals surface area (Å²) in [5, 5.41) is 12.1. The highest BCUT2D eigenvalue weighted by Gasteiger charge is 2.08. The van der Waals surface area contributed by atoms with Crippen molar-refractivity contribution in [3.05, 3.63) is 71.0 Å². The van der Waals surface area contributed by atoms with Crippen LogP contribution < -0.4 is 10.9 Å². The molecule has 0 bridgehead atoms. The molecule has 0 aliphatic carbocycles. The van der Waals surface area contributed by atoms with Crippen molar-refractivity contribution in [2.75, 3.05) is 0 Å². The number of nitrogens with zero attached hydrogens (tertiary/aromatic N) is 1. The van der Waals surface area contributed by atoms with Gasteiger partial charge in [-0.2, -0.15) is 5.10 Å². The predicted molar refractivity (Wildman–Crippen MR) is 77.2 cm³/mol. The van der Waals surface area contributed by atoms with E-state index in [1.165, 1.54) is 17.6 Å². The third kappa shape index (κ3) is 3.74. The van der Waals surface area contributed by atoms with Gasteiger partial charge in [0.25, 0.3) is 11.8 Å². The van der Waals surface area contributed by atoms with Gasteiger partial charge in [0.05, 0.1) is 6.21 Å². The summed E-state index contributed by atoms with van der Waals surface area (Å²) in [6.07, 6.45) is 1.12. The fourth-order valence-corrected chi connectivity index (χ4v) is 1.65. The highest BCUT2D eigenvalue weighted by molar-refractivity contribution is 5.95. The molecule has 6 nitrogen and oxygen atoms in total. The van der Waals surface area contributed by atoms with Crippen molar-refractivity contribution in [2.24, 2.45) is 5.10 Å². The van der Waals surface area contributed by atoms with Crippen LogP contribution in [0.15, 0.2) is 53.6 Å². The molecule has 0 aromatic heterocycles. The van der Waals surface area contributed by atoms with Gasteiger partial charge < -0.3 is 0 Å². The van der Waals surface area contributed by atoms with Crippen molar-refractivity contribution in [2.45, 2.75) is 0 Å². The molecule has 7 heteroatoms. The first-order valence-electron chi connectivity index (χ1n) is 6.24. The zero-order valence-corrected chi connectivity index (χ0v) is 11.3. The number of hydroxylamine groups is 1. The SMILES string of the molecule is O=C(NO)c1ccc(C=NNC(=O)c2ccccc2)c(F)c1. The van der Waals surface area contributed by atoms with Crippen LogP contribution in [0.4, 0.5) is 4.39 Å². The third-order valence-electron chi connectivity index (χ3n) is 2.77. The Kier molecular flexibility index (Phi) is 4.94. The largest absolute Gasteiger partial charge is 0.288 e. The Hall–Kier alpha value is -3.06. The van der Waals surface area contributed by atoms with Crippen molar-refractivity contribution < 1.29 is 19.2 Å². The number of benzene rings is 2. The summed E-state index contributed by atoms with van der Waals surface area (Å²) in [7, 11) is 0. The zero-order valence-electron chi connectivity index (χ0n) is 11.3. The van der Waals surface area contributed by atoms with Crippen molar-refractivity contribution in [3.8, 4) is 0 Å². The van der Waals surface area contributed by atoms with Crippen LogP contribution in [-0.4, -0.2) is 23.2 Å². The second-order valence-electron chi connectivity index (χ2n) is 4.24. The molecular weight excluding hydrogens is 289 g/mol. The van der Waals surface area contributed by atoms with Crippen molar-refractivity contribution in [3.63, 3.8) is 0 Å². The molecule has 0 aliphatic rings. The van der Waals surface area contributed by atoms with Crippen LogP contribution in [0, 0.1) is 5.82 Å². The molecule has 0 atom stereocenters. The van der Waals surface area contributed by atoms with Gasteiger partial charge in [0, 0.05) is 16.7 Å². The molecule has 2 aromatic carbocycles. The molecule has 0 saturated heterocycles. The molecule has 3 N–H and O–H groups in total. The first-order valence-corrected chi connectivity index (χ1v) is 6.24. The number of hydrogen-bond donors (Lipinski definition) is 3. The third-order valence-corrected chi connectivity index (χ3v) is 2.77. The van der Waals surface area contributed by atoms with Gasteiger partial charge in [0.15, 0.2) is 0 Å². The molecule has 2 rings (SSSR count). The maximum absolute atomic E-state index is 13.7. The van der Waals surface area contributed by atoms with Crippen molar-refractivity contribution in [1.29, 1.82) is 0 Å². The Bertz CT molecular complexity index is 717. The average molecular weight is 301 g/mol. The van der Waals surface area contributed by atoms with E-state index < -0.39 is 17.6 Å². The second-order valence-corrected chi connectivity index (χ2v) is 4.24. The molecule has 0 spiro atoms. The zero-order chi connectivity index (χ0) is 15.9. The van der Waals surface area contributed by atoms with E-state index in [1.807, 2.05) is 0 Å². The van der Waals surface area contributed by atoms with Crippen LogP contribution in [0.3, 0.4) is 0 Å². The molecule has 0 radical (unpaired) electrons. The number of hydrogen-bond acceptors (Lipinski definition) is 4. The summed E-state index contributed by atoms with van der Waals surface area (Å²) >= 11 is 0. The Labute approximate surface area is 125 Å². The minimum Gasteiger partial charge on any atom is -0.288 e. The minimum absolute atomic E-state index is 0.0366. The Morgan fingerprint density at radius 2 is 1.77 bits per heavy atom. The Balaban J connectivity index is 2.04. The lowest BCUT2D eigenvalue weighted by Gasteiger charge is -2.02. The summed E-state index contributed by atoms with van der Waals surface area (Å²) in [5.41, 5.74) is 4.15. The monoisotopic (exact) mass is 301 g/mol. The summed E-state index contributed by atoms with van der Waals surface area (Å²) in [5.74, 6) is -1.95. The van der Waals surface area contributed by atoms with Crippen molar-refractivity contribution >= 4 is 18.0 Å². The molecule has 2 amide bonds. The number of carbonyl (C=O) groups excluding carboxylic acids is 2. The molecular formula is C15H12FN3O3. The lowest BCUT2D eigenvalue weighted by molar-refractivity contribution is 0.0706. The van der Waals surface area contributed by atoms with E-state index in [9.17, 15) is 14.0 Å². The smallest absolute Gasteiger partial charge is 0.274 e. The molecule has 112 valence electrons. The number of hydrazone groups is 1. The second kappa shape index (κ2) is 7.09. The van der Waals surface area contributed by atoms with Crippen LogP contribution in [0.2, 0.25) is 0 Å². The number of carbonyl (C=O) groups is 2. The topological polar surface area (TPSA) is 90.8 Å². The molecule has 2 aromatic rings. The van der Waals surface area contributed by atoms with E-state index in [2.05, 4.69) is 10.5 Å². The Morgan fingerprint density at radius 3 is 2.41 bits per heavy atom. The molecule has 0 aliphatic heterocycles. The van der Waals surface area contributed by atoms with Crippen molar-refractivity contribution in [1.82, 2.24) is 10.9 Å². The maximum Gasteiger partial charge on any atom is 0.274 e. The molecule has 0 unspecified atom stereocenters. The highest BCUT2D eigenvalue weighted by atomic mass is 19.1. The van der Waals surface area contributed by atoms with Gasteiger partial charge >= 0.3 is 0 Å². The highest BCUT2D eigenvalue weighted by Crippen LogP contribution is 2.08. The summed E-state index contributed by atoms with van der Waals surface area (Å²) in [4.78, 5) is 22.8. The van der Waals surface area contributed by atoms with Crippen LogP contribution in [-0.2, 0) is 0 Å². The normalized spacial score (nSPS) is 10.5. The van der Waals surface area contributed by atoms with Crippen LogP contribution in [0.5, 0.6) is 0 Å². The lowest BCUT2D eigenvalue weighted by Crippen LogP contribution is -2.19.